The molecule has 0 heterocycles. The molecule has 0 saturated heterocycles. The number of carbonyl (C=O) groups is 1. The van der Waals surface area contributed by atoms with Gasteiger partial charge in [-0.25, -0.2) is 8.78 Å². The fraction of sp³-hybridized carbons (Fsp3) is 0.211. The molecule has 2 aromatic rings. The van der Waals surface area contributed by atoms with E-state index < -0.39 is 11.6 Å². The molecule has 0 spiro atoms. The van der Waals surface area contributed by atoms with Crippen LogP contribution in [0.2, 0.25) is 0 Å². The van der Waals surface area contributed by atoms with E-state index in [9.17, 15) is 13.6 Å². The van der Waals surface area contributed by atoms with Crippen LogP contribution in [-0.2, 0) is 11.2 Å². The number of carbonyl (C=O) groups excluding carboxylic acids is 1. The highest BCUT2D eigenvalue weighted by Crippen LogP contribution is 2.17. The third-order valence-corrected chi connectivity index (χ3v) is 3.22. The Balaban J connectivity index is 1.69. The monoisotopic (exact) mass is 345 g/mol. The second kappa shape index (κ2) is 9.28. The van der Waals surface area contributed by atoms with Gasteiger partial charge < -0.3 is 14.8 Å². The first kappa shape index (κ1) is 18.3. The Morgan fingerprint density at radius 1 is 1.12 bits per heavy atom. The smallest absolute Gasteiger partial charge is 0.225 e. The van der Waals surface area contributed by atoms with Gasteiger partial charge in [-0.05, 0) is 29.8 Å². The standard InChI is InChI=1S/C19H17F2NO3/c1-24-16-7-4-14(5-8-16)12-19(23)22-10-2-3-11-25-18-9-6-15(20)13-17(18)21/h4-9,13H,10-12H2,1H3,(H,22,23). The summed E-state index contributed by atoms with van der Waals surface area (Å²) in [5.74, 6) is 4.39. The van der Waals surface area contributed by atoms with E-state index in [1.807, 2.05) is 12.1 Å². The van der Waals surface area contributed by atoms with E-state index in [1.165, 1.54) is 6.07 Å². The summed E-state index contributed by atoms with van der Waals surface area (Å²) < 4.78 is 36.2. The molecule has 0 saturated carbocycles. The highest BCUT2D eigenvalue weighted by molar-refractivity contribution is 5.78. The molecule has 0 unspecified atom stereocenters. The minimum Gasteiger partial charge on any atom is -0.497 e. The van der Waals surface area contributed by atoms with Crippen molar-refractivity contribution >= 4 is 5.91 Å². The molecule has 2 rings (SSSR count). The van der Waals surface area contributed by atoms with Crippen molar-refractivity contribution in [3.8, 4) is 23.3 Å². The van der Waals surface area contributed by atoms with Gasteiger partial charge in [-0.15, -0.1) is 0 Å². The molecular formula is C19H17F2NO3. The zero-order valence-electron chi connectivity index (χ0n) is 13.6. The number of amides is 1. The van der Waals surface area contributed by atoms with Gasteiger partial charge in [0, 0.05) is 6.07 Å². The molecule has 0 aromatic heterocycles. The van der Waals surface area contributed by atoms with Crippen LogP contribution in [0, 0.1) is 23.5 Å². The van der Waals surface area contributed by atoms with Crippen molar-refractivity contribution in [3.05, 3.63) is 59.7 Å². The van der Waals surface area contributed by atoms with E-state index >= 15 is 0 Å². The first-order chi connectivity index (χ1) is 12.1. The predicted molar refractivity (Wildman–Crippen MR) is 89.3 cm³/mol. The molecule has 4 nitrogen and oxygen atoms in total. The van der Waals surface area contributed by atoms with Gasteiger partial charge in [-0.3, -0.25) is 4.79 Å². The zero-order chi connectivity index (χ0) is 18.1. The zero-order valence-corrected chi connectivity index (χ0v) is 13.6. The number of methoxy groups -OCH3 is 1. The highest BCUT2D eigenvalue weighted by atomic mass is 19.1. The molecule has 0 aliphatic heterocycles. The van der Waals surface area contributed by atoms with Crippen LogP contribution < -0.4 is 14.8 Å². The summed E-state index contributed by atoms with van der Waals surface area (Å²) in [4.78, 5) is 11.8. The van der Waals surface area contributed by atoms with E-state index in [-0.39, 0.29) is 31.2 Å². The molecule has 0 atom stereocenters. The molecule has 0 aliphatic rings. The van der Waals surface area contributed by atoms with Gasteiger partial charge >= 0.3 is 0 Å². The summed E-state index contributed by atoms with van der Waals surface area (Å²) in [7, 11) is 1.58. The van der Waals surface area contributed by atoms with Gasteiger partial charge in [-0.1, -0.05) is 24.0 Å². The highest BCUT2D eigenvalue weighted by Gasteiger charge is 2.04. The Kier molecular flexibility index (Phi) is 6.78. The van der Waals surface area contributed by atoms with Gasteiger partial charge in [0.1, 0.15) is 18.2 Å². The van der Waals surface area contributed by atoms with E-state index in [4.69, 9.17) is 9.47 Å². The molecular weight excluding hydrogens is 328 g/mol. The molecule has 0 bridgehead atoms. The molecule has 0 fully saturated rings. The molecule has 2 aromatic carbocycles. The first-order valence-corrected chi connectivity index (χ1v) is 7.51. The summed E-state index contributed by atoms with van der Waals surface area (Å²) in [5.41, 5.74) is 0.862. The van der Waals surface area contributed by atoms with Crippen LogP contribution in [0.15, 0.2) is 42.5 Å². The molecule has 130 valence electrons. The minimum atomic E-state index is -0.783. The summed E-state index contributed by atoms with van der Waals surface area (Å²) in [6.45, 7) is 0.0984. The number of rotatable bonds is 6. The third-order valence-electron chi connectivity index (χ3n) is 3.22. The largest absolute Gasteiger partial charge is 0.497 e. The van der Waals surface area contributed by atoms with Crippen LogP contribution >= 0.6 is 0 Å². The second-order valence-corrected chi connectivity index (χ2v) is 5.02. The molecule has 0 radical (unpaired) electrons. The normalized spacial score (nSPS) is 9.72. The van der Waals surface area contributed by atoms with Gasteiger partial charge in [0.05, 0.1) is 20.1 Å². The van der Waals surface area contributed by atoms with Crippen molar-refractivity contribution in [2.75, 3.05) is 20.3 Å². The van der Waals surface area contributed by atoms with Crippen LogP contribution in [0.25, 0.3) is 0 Å². The minimum absolute atomic E-state index is 0.0586. The van der Waals surface area contributed by atoms with Crippen molar-refractivity contribution in [3.63, 3.8) is 0 Å². The number of halogens is 2. The van der Waals surface area contributed by atoms with Gasteiger partial charge in [0.2, 0.25) is 5.91 Å². The Morgan fingerprint density at radius 2 is 1.88 bits per heavy atom. The van der Waals surface area contributed by atoms with Crippen molar-refractivity contribution in [2.45, 2.75) is 6.42 Å². The fourth-order valence-electron chi connectivity index (χ4n) is 1.95. The fourth-order valence-corrected chi connectivity index (χ4v) is 1.95. The molecule has 6 heteroatoms. The Morgan fingerprint density at radius 3 is 2.56 bits per heavy atom. The van der Waals surface area contributed by atoms with E-state index in [0.29, 0.717) is 0 Å². The molecule has 1 N–H and O–H groups in total. The summed E-state index contributed by atoms with van der Waals surface area (Å²) in [5, 5.41) is 2.65. The van der Waals surface area contributed by atoms with E-state index in [2.05, 4.69) is 17.2 Å². The number of hydrogen-bond acceptors (Lipinski definition) is 3. The average Bonchev–Trinajstić information content (AvgIpc) is 2.60. The number of benzene rings is 2. The maximum Gasteiger partial charge on any atom is 0.225 e. The van der Waals surface area contributed by atoms with Crippen molar-refractivity contribution in [1.82, 2.24) is 5.32 Å². The van der Waals surface area contributed by atoms with Gasteiger partial charge in [0.25, 0.3) is 0 Å². The lowest BCUT2D eigenvalue weighted by Crippen LogP contribution is -2.25. The van der Waals surface area contributed by atoms with E-state index in [0.717, 1.165) is 23.4 Å². The molecule has 1 amide bonds. The number of ether oxygens (including phenoxy) is 2. The van der Waals surface area contributed by atoms with Crippen LogP contribution in [0.4, 0.5) is 8.78 Å². The maximum atomic E-state index is 13.3. The van der Waals surface area contributed by atoms with Crippen molar-refractivity contribution in [1.29, 1.82) is 0 Å². The average molecular weight is 345 g/mol. The van der Waals surface area contributed by atoms with Gasteiger partial charge in [0.15, 0.2) is 11.6 Å². The van der Waals surface area contributed by atoms with Crippen LogP contribution in [0.3, 0.4) is 0 Å². The van der Waals surface area contributed by atoms with Crippen LogP contribution in [0.5, 0.6) is 11.5 Å². The summed E-state index contributed by atoms with van der Waals surface area (Å²) in [6, 6.07) is 10.2. The predicted octanol–water partition coefficient (Wildman–Crippen LogP) is 2.71. The Bertz CT molecular complexity index is 779. The summed E-state index contributed by atoms with van der Waals surface area (Å²) in [6.07, 6.45) is 0.239. The lowest BCUT2D eigenvalue weighted by Gasteiger charge is -2.04. The Labute approximate surface area is 144 Å². The lowest BCUT2D eigenvalue weighted by atomic mass is 10.1. The van der Waals surface area contributed by atoms with Crippen molar-refractivity contribution < 1.29 is 23.0 Å². The summed E-state index contributed by atoms with van der Waals surface area (Å²) >= 11 is 0. The van der Waals surface area contributed by atoms with E-state index in [1.54, 1.807) is 19.2 Å². The molecule has 25 heavy (non-hydrogen) atoms. The van der Waals surface area contributed by atoms with Crippen LogP contribution in [0.1, 0.15) is 5.56 Å². The topological polar surface area (TPSA) is 47.6 Å². The molecule has 0 aliphatic carbocycles. The maximum absolute atomic E-state index is 13.3. The SMILES string of the molecule is COc1ccc(CC(=O)NCC#CCOc2ccc(F)cc2F)cc1. The Hall–Kier alpha value is -3.07. The van der Waals surface area contributed by atoms with Crippen LogP contribution in [-0.4, -0.2) is 26.2 Å². The van der Waals surface area contributed by atoms with Gasteiger partial charge in [-0.2, -0.15) is 0 Å². The lowest BCUT2D eigenvalue weighted by molar-refractivity contribution is -0.120. The first-order valence-electron chi connectivity index (χ1n) is 7.51. The number of nitrogens with one attached hydrogen (secondary N) is 1. The van der Waals surface area contributed by atoms with Crippen molar-refractivity contribution in [2.24, 2.45) is 0 Å². The second-order valence-electron chi connectivity index (χ2n) is 5.02. The number of hydrogen-bond donors (Lipinski definition) is 1. The third kappa shape index (κ3) is 6.15. The quantitative estimate of drug-likeness (QED) is 0.819.